The van der Waals surface area contributed by atoms with E-state index in [0.29, 0.717) is 6.54 Å². The van der Waals surface area contributed by atoms with Crippen LogP contribution in [0.1, 0.15) is 36.9 Å². The Hall–Kier alpha value is -0.900. The lowest BCUT2D eigenvalue weighted by atomic mass is 9.97. The van der Waals surface area contributed by atoms with Gasteiger partial charge in [0, 0.05) is 25.7 Å². The molecule has 112 valence electrons. The van der Waals surface area contributed by atoms with E-state index in [1.54, 1.807) is 0 Å². The average Bonchev–Trinajstić information content (AvgIpc) is 3.29. The van der Waals surface area contributed by atoms with Gasteiger partial charge in [-0.1, -0.05) is 31.2 Å². The van der Waals surface area contributed by atoms with E-state index >= 15 is 0 Å². The van der Waals surface area contributed by atoms with E-state index in [1.165, 1.54) is 24.0 Å². The Bertz CT molecular complexity index is 404. The minimum atomic E-state index is 0.288. The fourth-order valence-corrected chi connectivity index (χ4v) is 2.62. The fraction of sp³-hybridized carbons (Fsp3) is 0.647. The molecule has 3 nitrogen and oxygen atoms in total. The molecule has 1 unspecified atom stereocenters. The van der Waals surface area contributed by atoms with Gasteiger partial charge in [-0.05, 0) is 43.4 Å². The van der Waals surface area contributed by atoms with Crippen LogP contribution in [0.4, 0.5) is 0 Å². The summed E-state index contributed by atoms with van der Waals surface area (Å²) in [5.74, 6) is 0.839. The molecule has 0 spiro atoms. The molecule has 0 bridgehead atoms. The lowest BCUT2D eigenvalue weighted by Crippen LogP contribution is -2.33. The Morgan fingerprint density at radius 1 is 1.35 bits per heavy atom. The number of rotatable bonds is 9. The van der Waals surface area contributed by atoms with Gasteiger partial charge in [0.2, 0.25) is 0 Å². The number of hydrogen-bond acceptors (Lipinski definition) is 3. The molecule has 0 aromatic heterocycles. The van der Waals surface area contributed by atoms with Gasteiger partial charge in [-0.25, -0.2) is 0 Å². The predicted molar refractivity (Wildman–Crippen MR) is 83.8 cm³/mol. The van der Waals surface area contributed by atoms with Gasteiger partial charge in [-0.2, -0.15) is 0 Å². The molecule has 0 aliphatic heterocycles. The summed E-state index contributed by atoms with van der Waals surface area (Å²) >= 11 is 0. The van der Waals surface area contributed by atoms with Crippen molar-refractivity contribution in [1.29, 1.82) is 0 Å². The van der Waals surface area contributed by atoms with Crippen LogP contribution in [0, 0.1) is 5.92 Å². The first-order chi connectivity index (χ1) is 9.76. The zero-order valence-corrected chi connectivity index (χ0v) is 12.8. The molecule has 1 aliphatic rings. The lowest BCUT2D eigenvalue weighted by molar-refractivity contribution is 0.0921. The van der Waals surface area contributed by atoms with E-state index < -0.39 is 0 Å². The highest BCUT2D eigenvalue weighted by atomic mass is 16.5. The molecular formula is C17H28N2O. The first-order valence-electron chi connectivity index (χ1n) is 7.82. The summed E-state index contributed by atoms with van der Waals surface area (Å²) in [5.41, 5.74) is 8.77. The van der Waals surface area contributed by atoms with E-state index in [-0.39, 0.29) is 6.04 Å². The number of nitrogens with zero attached hydrogens (tertiary/aromatic N) is 1. The Morgan fingerprint density at radius 2 is 2.10 bits per heavy atom. The highest BCUT2D eigenvalue weighted by Crippen LogP contribution is 2.28. The highest BCUT2D eigenvalue weighted by molar-refractivity contribution is 5.30. The van der Waals surface area contributed by atoms with Crippen LogP contribution in [0.25, 0.3) is 0 Å². The summed E-state index contributed by atoms with van der Waals surface area (Å²) in [7, 11) is 2.14. The van der Waals surface area contributed by atoms with Crippen molar-refractivity contribution in [3.05, 3.63) is 35.4 Å². The van der Waals surface area contributed by atoms with Crippen molar-refractivity contribution in [2.45, 2.75) is 32.2 Å². The van der Waals surface area contributed by atoms with Crippen LogP contribution in [0.2, 0.25) is 0 Å². The second-order valence-electron chi connectivity index (χ2n) is 5.80. The van der Waals surface area contributed by atoms with Gasteiger partial charge in [0.1, 0.15) is 0 Å². The van der Waals surface area contributed by atoms with Gasteiger partial charge in [0.15, 0.2) is 0 Å². The number of benzene rings is 1. The second kappa shape index (κ2) is 7.77. The predicted octanol–water partition coefficient (Wildman–Crippen LogP) is 2.61. The fourth-order valence-electron chi connectivity index (χ4n) is 2.62. The molecular weight excluding hydrogens is 248 g/mol. The molecule has 1 aliphatic carbocycles. The molecule has 0 radical (unpaired) electrons. The van der Waals surface area contributed by atoms with E-state index in [2.05, 4.69) is 43.1 Å². The molecule has 1 atom stereocenters. The van der Waals surface area contributed by atoms with Crippen LogP contribution < -0.4 is 5.73 Å². The molecule has 1 aromatic carbocycles. The maximum absolute atomic E-state index is 6.01. The maximum Gasteiger partial charge on any atom is 0.0593 e. The molecule has 0 amide bonds. The zero-order valence-electron chi connectivity index (χ0n) is 12.8. The standard InChI is InChI=1S/C17H28N2O/c1-3-15-6-4-5-7-16(15)17(12-18)19(2)10-11-20-13-14-8-9-14/h4-7,14,17H,3,8-13,18H2,1-2H3. The number of aryl methyl sites for hydroxylation is 1. The van der Waals surface area contributed by atoms with Gasteiger partial charge in [-0.3, -0.25) is 4.90 Å². The van der Waals surface area contributed by atoms with Gasteiger partial charge in [-0.15, -0.1) is 0 Å². The molecule has 1 saturated carbocycles. The van der Waals surface area contributed by atoms with Crippen LogP contribution in [0.5, 0.6) is 0 Å². The van der Waals surface area contributed by atoms with Crippen molar-refractivity contribution in [1.82, 2.24) is 4.90 Å². The van der Waals surface area contributed by atoms with E-state index in [1.807, 2.05) is 0 Å². The van der Waals surface area contributed by atoms with E-state index in [4.69, 9.17) is 10.5 Å². The third-order valence-corrected chi connectivity index (χ3v) is 4.19. The summed E-state index contributed by atoms with van der Waals surface area (Å²) in [6, 6.07) is 8.91. The number of nitrogens with two attached hydrogens (primary N) is 1. The monoisotopic (exact) mass is 276 g/mol. The molecule has 0 saturated heterocycles. The lowest BCUT2D eigenvalue weighted by Gasteiger charge is -2.29. The Kier molecular flexibility index (Phi) is 6.02. The Balaban J connectivity index is 1.88. The van der Waals surface area contributed by atoms with Crippen LogP contribution in [0.3, 0.4) is 0 Å². The molecule has 1 aromatic rings. The zero-order chi connectivity index (χ0) is 14.4. The number of likely N-dealkylation sites (N-methyl/N-ethyl adjacent to an activating group) is 1. The van der Waals surface area contributed by atoms with Crippen molar-refractivity contribution in [2.75, 3.05) is 33.4 Å². The Morgan fingerprint density at radius 3 is 2.75 bits per heavy atom. The first kappa shape index (κ1) is 15.5. The SMILES string of the molecule is CCc1ccccc1C(CN)N(C)CCOCC1CC1. The van der Waals surface area contributed by atoms with E-state index in [0.717, 1.165) is 32.1 Å². The minimum Gasteiger partial charge on any atom is -0.380 e. The third kappa shape index (κ3) is 4.30. The van der Waals surface area contributed by atoms with Crippen LogP contribution >= 0.6 is 0 Å². The average molecular weight is 276 g/mol. The molecule has 0 heterocycles. The van der Waals surface area contributed by atoms with Gasteiger partial charge in [0.05, 0.1) is 6.61 Å². The molecule has 20 heavy (non-hydrogen) atoms. The van der Waals surface area contributed by atoms with Crippen molar-refractivity contribution in [3.8, 4) is 0 Å². The Labute approximate surface area is 123 Å². The van der Waals surface area contributed by atoms with Crippen molar-refractivity contribution < 1.29 is 4.74 Å². The first-order valence-corrected chi connectivity index (χ1v) is 7.82. The highest BCUT2D eigenvalue weighted by Gasteiger charge is 2.21. The topological polar surface area (TPSA) is 38.5 Å². The quantitative estimate of drug-likeness (QED) is 0.705. The summed E-state index contributed by atoms with van der Waals surface area (Å²) in [6.45, 7) is 5.53. The molecule has 3 heteroatoms. The van der Waals surface area contributed by atoms with Gasteiger partial charge >= 0.3 is 0 Å². The summed E-state index contributed by atoms with van der Waals surface area (Å²) in [5, 5.41) is 0. The third-order valence-electron chi connectivity index (χ3n) is 4.19. The van der Waals surface area contributed by atoms with Crippen molar-refractivity contribution >= 4 is 0 Å². The van der Waals surface area contributed by atoms with Gasteiger partial charge in [0.25, 0.3) is 0 Å². The van der Waals surface area contributed by atoms with Crippen molar-refractivity contribution in [2.24, 2.45) is 11.7 Å². The minimum absolute atomic E-state index is 0.288. The maximum atomic E-state index is 6.01. The van der Waals surface area contributed by atoms with Crippen LogP contribution in [0.15, 0.2) is 24.3 Å². The number of hydrogen-bond donors (Lipinski definition) is 1. The number of ether oxygens (including phenoxy) is 1. The second-order valence-corrected chi connectivity index (χ2v) is 5.80. The van der Waals surface area contributed by atoms with Crippen LogP contribution in [-0.2, 0) is 11.2 Å². The van der Waals surface area contributed by atoms with E-state index in [9.17, 15) is 0 Å². The molecule has 2 rings (SSSR count). The molecule has 1 fully saturated rings. The van der Waals surface area contributed by atoms with Crippen LogP contribution in [-0.4, -0.2) is 38.3 Å². The largest absolute Gasteiger partial charge is 0.380 e. The normalized spacial score (nSPS) is 16.6. The van der Waals surface area contributed by atoms with Crippen molar-refractivity contribution in [3.63, 3.8) is 0 Å². The summed E-state index contributed by atoms with van der Waals surface area (Å²) in [6.07, 6.45) is 3.76. The smallest absolute Gasteiger partial charge is 0.0593 e. The molecule has 2 N–H and O–H groups in total. The van der Waals surface area contributed by atoms with Gasteiger partial charge < -0.3 is 10.5 Å². The summed E-state index contributed by atoms with van der Waals surface area (Å²) < 4.78 is 5.73. The summed E-state index contributed by atoms with van der Waals surface area (Å²) in [4.78, 5) is 2.32.